The van der Waals surface area contributed by atoms with Gasteiger partial charge in [-0.05, 0) is 17.7 Å². The normalized spacial score (nSPS) is 23.3. The quantitative estimate of drug-likeness (QED) is 0.920. The summed E-state index contributed by atoms with van der Waals surface area (Å²) in [5, 5.41) is 9.87. The Bertz CT molecular complexity index is 816. The molecule has 1 N–H and O–H groups in total. The third-order valence-corrected chi connectivity index (χ3v) is 5.70. The van der Waals surface area contributed by atoms with Crippen LogP contribution in [0.25, 0.3) is 0 Å². The molecule has 0 radical (unpaired) electrons. The second kappa shape index (κ2) is 6.25. The van der Waals surface area contributed by atoms with Gasteiger partial charge in [-0.1, -0.05) is 48.5 Å². The molecule has 0 aromatic heterocycles. The van der Waals surface area contributed by atoms with E-state index < -0.39 is 5.54 Å². The Kier molecular flexibility index (Phi) is 4.04. The SMILES string of the molecule is CC(=O)N1[C@@H](CO)[C@H](c2ccccc2)C12CN(C(=O)c1ccccc1)C2. The predicted octanol–water partition coefficient (Wildman–Crippen LogP) is 1.89. The van der Waals surface area contributed by atoms with Crippen molar-refractivity contribution in [1.29, 1.82) is 0 Å². The summed E-state index contributed by atoms with van der Waals surface area (Å²) in [6, 6.07) is 18.9. The van der Waals surface area contributed by atoms with Crippen LogP contribution in [-0.4, -0.2) is 58.0 Å². The van der Waals surface area contributed by atoms with Crippen LogP contribution in [0.2, 0.25) is 0 Å². The van der Waals surface area contributed by atoms with E-state index in [0.717, 1.165) is 5.56 Å². The summed E-state index contributed by atoms with van der Waals surface area (Å²) in [4.78, 5) is 28.5. The Hall–Kier alpha value is -2.66. The second-order valence-electron chi connectivity index (χ2n) is 7.16. The maximum atomic E-state index is 12.7. The van der Waals surface area contributed by atoms with Gasteiger partial charge in [0.25, 0.3) is 5.91 Å². The summed E-state index contributed by atoms with van der Waals surface area (Å²) in [5.74, 6) is -0.0283. The lowest BCUT2D eigenvalue weighted by atomic mass is 9.60. The van der Waals surface area contributed by atoms with Crippen molar-refractivity contribution >= 4 is 11.8 Å². The van der Waals surface area contributed by atoms with Crippen molar-refractivity contribution in [1.82, 2.24) is 9.80 Å². The minimum Gasteiger partial charge on any atom is -0.394 e. The number of aliphatic hydroxyl groups is 1. The topological polar surface area (TPSA) is 60.9 Å². The molecule has 1 spiro atoms. The Balaban J connectivity index is 1.61. The summed E-state index contributed by atoms with van der Waals surface area (Å²) >= 11 is 0. The minimum atomic E-state index is -0.412. The Morgan fingerprint density at radius 2 is 1.62 bits per heavy atom. The molecule has 2 saturated heterocycles. The molecular formula is C21H22N2O3. The van der Waals surface area contributed by atoms with Crippen LogP contribution in [0, 0.1) is 0 Å². The monoisotopic (exact) mass is 350 g/mol. The van der Waals surface area contributed by atoms with Crippen molar-refractivity contribution in [3.63, 3.8) is 0 Å². The Morgan fingerprint density at radius 1 is 1.04 bits per heavy atom. The smallest absolute Gasteiger partial charge is 0.254 e. The number of hydrogen-bond donors (Lipinski definition) is 1. The fraction of sp³-hybridized carbons (Fsp3) is 0.333. The van der Waals surface area contributed by atoms with Gasteiger partial charge in [0.05, 0.1) is 18.2 Å². The third-order valence-electron chi connectivity index (χ3n) is 5.70. The van der Waals surface area contributed by atoms with Crippen LogP contribution in [0.15, 0.2) is 60.7 Å². The van der Waals surface area contributed by atoms with Crippen molar-refractivity contribution in [2.75, 3.05) is 19.7 Å². The summed E-state index contributed by atoms with van der Waals surface area (Å²) in [6.07, 6.45) is 0. The lowest BCUT2D eigenvalue weighted by molar-refractivity contribution is -0.191. The molecule has 2 aliphatic rings. The molecule has 2 aromatic rings. The number of carbonyl (C=O) groups is 2. The first kappa shape index (κ1) is 16.8. The van der Waals surface area contributed by atoms with Crippen molar-refractivity contribution < 1.29 is 14.7 Å². The highest BCUT2D eigenvalue weighted by Gasteiger charge is 2.67. The zero-order valence-corrected chi connectivity index (χ0v) is 14.7. The first-order valence-electron chi connectivity index (χ1n) is 8.88. The summed E-state index contributed by atoms with van der Waals surface area (Å²) < 4.78 is 0. The molecule has 2 atom stereocenters. The van der Waals surface area contributed by atoms with Crippen molar-refractivity contribution in [3.8, 4) is 0 Å². The van der Waals surface area contributed by atoms with Gasteiger partial charge in [-0.25, -0.2) is 0 Å². The number of benzene rings is 2. The third kappa shape index (κ3) is 2.35. The minimum absolute atomic E-state index is 0.0148. The average Bonchev–Trinajstić information content (AvgIpc) is 2.61. The van der Waals surface area contributed by atoms with Gasteiger partial charge in [0.1, 0.15) is 0 Å². The van der Waals surface area contributed by atoms with E-state index in [-0.39, 0.29) is 30.4 Å². The van der Waals surface area contributed by atoms with Gasteiger partial charge in [-0.2, -0.15) is 0 Å². The maximum absolute atomic E-state index is 12.7. The lowest BCUT2D eigenvalue weighted by Crippen LogP contribution is -2.85. The van der Waals surface area contributed by atoms with Crippen molar-refractivity contribution in [2.24, 2.45) is 0 Å². The predicted molar refractivity (Wildman–Crippen MR) is 97.7 cm³/mol. The molecule has 2 amide bonds. The molecule has 2 heterocycles. The van der Waals surface area contributed by atoms with Crippen molar-refractivity contribution in [3.05, 3.63) is 71.8 Å². The number of hydrogen-bond acceptors (Lipinski definition) is 3. The van der Waals surface area contributed by atoms with E-state index in [2.05, 4.69) is 0 Å². The Labute approximate surface area is 152 Å². The number of nitrogens with zero attached hydrogens (tertiary/aromatic N) is 2. The number of likely N-dealkylation sites (tertiary alicyclic amines) is 2. The largest absolute Gasteiger partial charge is 0.394 e. The average molecular weight is 350 g/mol. The summed E-state index contributed by atoms with van der Waals surface area (Å²) in [6.45, 7) is 2.45. The number of amides is 2. The van der Waals surface area contributed by atoms with Crippen LogP contribution in [-0.2, 0) is 4.79 Å². The highest BCUT2D eigenvalue weighted by Crippen LogP contribution is 2.53. The first-order chi connectivity index (χ1) is 12.6. The van der Waals surface area contributed by atoms with E-state index in [1.165, 1.54) is 6.92 Å². The Morgan fingerprint density at radius 3 is 2.15 bits per heavy atom. The lowest BCUT2D eigenvalue weighted by Gasteiger charge is -2.70. The molecular weight excluding hydrogens is 328 g/mol. The summed E-state index contributed by atoms with van der Waals surface area (Å²) in [7, 11) is 0. The molecule has 0 unspecified atom stereocenters. The van der Waals surface area contributed by atoms with E-state index >= 15 is 0 Å². The number of aliphatic hydroxyl groups excluding tert-OH is 1. The van der Waals surface area contributed by atoms with Gasteiger partial charge in [-0.3, -0.25) is 9.59 Å². The van der Waals surface area contributed by atoms with Gasteiger partial charge in [-0.15, -0.1) is 0 Å². The van der Waals surface area contributed by atoms with Gasteiger partial charge >= 0.3 is 0 Å². The van der Waals surface area contributed by atoms with Crippen LogP contribution in [0.4, 0.5) is 0 Å². The molecule has 5 heteroatoms. The zero-order valence-electron chi connectivity index (χ0n) is 14.7. The fourth-order valence-electron chi connectivity index (χ4n) is 4.70. The van der Waals surface area contributed by atoms with Crippen LogP contribution in [0.3, 0.4) is 0 Å². The van der Waals surface area contributed by atoms with E-state index in [9.17, 15) is 14.7 Å². The van der Waals surface area contributed by atoms with E-state index in [4.69, 9.17) is 0 Å². The molecule has 26 heavy (non-hydrogen) atoms. The molecule has 2 aliphatic heterocycles. The van der Waals surface area contributed by atoms with Crippen LogP contribution in [0.5, 0.6) is 0 Å². The van der Waals surface area contributed by atoms with Crippen molar-refractivity contribution in [2.45, 2.75) is 24.4 Å². The van der Waals surface area contributed by atoms with E-state index in [1.54, 1.807) is 9.80 Å². The first-order valence-corrected chi connectivity index (χ1v) is 8.88. The maximum Gasteiger partial charge on any atom is 0.254 e. The van der Waals surface area contributed by atoms with Crippen LogP contribution in [0.1, 0.15) is 28.8 Å². The highest BCUT2D eigenvalue weighted by molar-refractivity contribution is 5.95. The van der Waals surface area contributed by atoms with Gasteiger partial charge in [0.2, 0.25) is 5.91 Å². The van der Waals surface area contributed by atoms with E-state index in [1.807, 2.05) is 60.7 Å². The zero-order chi connectivity index (χ0) is 18.3. The number of rotatable bonds is 3. The standard InChI is InChI=1S/C21H22N2O3/c1-15(25)23-18(12-24)19(16-8-4-2-5-9-16)21(23)13-22(14-21)20(26)17-10-6-3-7-11-17/h2-11,18-19,24H,12-14H2,1H3/t18-,19-/m0/s1. The van der Waals surface area contributed by atoms with Crippen LogP contribution < -0.4 is 0 Å². The molecule has 0 aliphatic carbocycles. The molecule has 134 valence electrons. The molecule has 0 bridgehead atoms. The van der Waals surface area contributed by atoms with Crippen LogP contribution >= 0.6 is 0 Å². The van der Waals surface area contributed by atoms with Gasteiger partial charge in [0.15, 0.2) is 0 Å². The summed E-state index contributed by atoms with van der Waals surface area (Å²) in [5.41, 5.74) is 1.35. The van der Waals surface area contributed by atoms with Gasteiger partial charge in [0, 0.05) is 31.5 Å². The molecule has 0 saturated carbocycles. The molecule has 5 nitrogen and oxygen atoms in total. The highest BCUT2D eigenvalue weighted by atomic mass is 16.3. The number of carbonyl (C=O) groups excluding carboxylic acids is 2. The van der Waals surface area contributed by atoms with Gasteiger partial charge < -0.3 is 14.9 Å². The second-order valence-corrected chi connectivity index (χ2v) is 7.16. The van der Waals surface area contributed by atoms with E-state index in [0.29, 0.717) is 18.7 Å². The molecule has 2 aromatic carbocycles. The molecule has 2 fully saturated rings. The molecule has 4 rings (SSSR count). The fourth-order valence-corrected chi connectivity index (χ4v) is 4.70.